The third-order valence-corrected chi connectivity index (χ3v) is 6.87. The maximum atomic E-state index is 12.5. The topological polar surface area (TPSA) is 69.0 Å². The lowest BCUT2D eigenvalue weighted by Crippen LogP contribution is -2.15. The molecule has 0 spiro atoms. The Morgan fingerprint density at radius 1 is 1.13 bits per heavy atom. The van der Waals surface area contributed by atoms with Crippen molar-refractivity contribution < 1.29 is 9.53 Å². The highest BCUT2D eigenvalue weighted by atomic mass is 35.5. The van der Waals surface area contributed by atoms with E-state index >= 15 is 0 Å². The van der Waals surface area contributed by atoms with Crippen molar-refractivity contribution in [3.05, 3.63) is 70.0 Å². The standard InChI is InChI=1S/C21H16Cl2N4O2S2/c1-29-16-9-3-2-8-15(16)27-20(17-10-5-11-30-17)25-26-21(27)31-12-18(28)24-14-7-4-6-13(22)19(14)23/h2-11H,12H2,1H3,(H,24,28). The van der Waals surface area contributed by atoms with Gasteiger partial charge < -0.3 is 10.1 Å². The van der Waals surface area contributed by atoms with Gasteiger partial charge in [-0.1, -0.05) is 59.2 Å². The number of amides is 1. The number of hydrogen-bond donors (Lipinski definition) is 1. The third kappa shape index (κ3) is 4.72. The molecule has 0 aliphatic carbocycles. The fourth-order valence-electron chi connectivity index (χ4n) is 2.88. The summed E-state index contributed by atoms with van der Waals surface area (Å²) in [5.74, 6) is 1.24. The lowest BCUT2D eigenvalue weighted by atomic mass is 10.3. The summed E-state index contributed by atoms with van der Waals surface area (Å²) in [4.78, 5) is 13.5. The summed E-state index contributed by atoms with van der Waals surface area (Å²) in [5, 5.41) is 14.7. The van der Waals surface area contributed by atoms with Crippen molar-refractivity contribution in [2.75, 3.05) is 18.2 Å². The van der Waals surface area contributed by atoms with Crippen LogP contribution >= 0.6 is 46.3 Å². The molecule has 0 radical (unpaired) electrons. The molecular weight excluding hydrogens is 475 g/mol. The smallest absolute Gasteiger partial charge is 0.234 e. The minimum Gasteiger partial charge on any atom is -0.495 e. The number of aromatic nitrogens is 3. The SMILES string of the molecule is COc1ccccc1-n1c(SCC(=O)Nc2cccc(Cl)c2Cl)nnc1-c1cccs1. The van der Waals surface area contributed by atoms with E-state index in [1.165, 1.54) is 11.8 Å². The molecule has 2 heterocycles. The summed E-state index contributed by atoms with van der Waals surface area (Å²) in [6.07, 6.45) is 0. The lowest BCUT2D eigenvalue weighted by Gasteiger charge is -2.13. The van der Waals surface area contributed by atoms with Gasteiger partial charge in [-0.25, -0.2) is 0 Å². The van der Waals surface area contributed by atoms with E-state index in [1.54, 1.807) is 36.6 Å². The van der Waals surface area contributed by atoms with Crippen LogP contribution in [0, 0.1) is 0 Å². The quantitative estimate of drug-likeness (QED) is 0.319. The summed E-state index contributed by atoms with van der Waals surface area (Å²) in [7, 11) is 1.61. The van der Waals surface area contributed by atoms with Crippen LogP contribution in [0.1, 0.15) is 0 Å². The molecule has 10 heteroatoms. The molecule has 0 saturated carbocycles. The molecule has 1 amide bonds. The van der Waals surface area contributed by atoms with Gasteiger partial charge in [0.2, 0.25) is 5.91 Å². The molecular formula is C21H16Cl2N4O2S2. The zero-order valence-corrected chi connectivity index (χ0v) is 19.4. The number of carbonyl (C=O) groups is 1. The molecule has 6 nitrogen and oxygen atoms in total. The zero-order chi connectivity index (χ0) is 21.8. The van der Waals surface area contributed by atoms with Gasteiger partial charge in [0.15, 0.2) is 11.0 Å². The Hall–Kier alpha value is -2.52. The number of thioether (sulfide) groups is 1. The van der Waals surface area contributed by atoms with Crippen molar-refractivity contribution in [1.29, 1.82) is 0 Å². The van der Waals surface area contributed by atoms with Crippen molar-refractivity contribution >= 4 is 57.9 Å². The van der Waals surface area contributed by atoms with E-state index < -0.39 is 0 Å². The van der Waals surface area contributed by atoms with Crippen molar-refractivity contribution in [1.82, 2.24) is 14.8 Å². The number of halogens is 2. The Labute approximate surface area is 197 Å². The molecule has 31 heavy (non-hydrogen) atoms. The number of carbonyl (C=O) groups excluding carboxylic acids is 1. The molecule has 0 bridgehead atoms. The van der Waals surface area contributed by atoms with Crippen molar-refractivity contribution in [2.24, 2.45) is 0 Å². The predicted molar refractivity (Wildman–Crippen MR) is 127 cm³/mol. The van der Waals surface area contributed by atoms with Crippen LogP contribution in [0.5, 0.6) is 5.75 Å². The van der Waals surface area contributed by atoms with E-state index in [4.69, 9.17) is 27.9 Å². The Balaban J connectivity index is 1.61. The number of nitrogens with zero attached hydrogens (tertiary/aromatic N) is 3. The third-order valence-electron chi connectivity index (χ3n) is 4.26. The highest BCUT2D eigenvalue weighted by molar-refractivity contribution is 7.99. The van der Waals surface area contributed by atoms with Gasteiger partial charge in [-0.2, -0.15) is 0 Å². The minimum absolute atomic E-state index is 0.112. The first-order chi connectivity index (χ1) is 15.1. The van der Waals surface area contributed by atoms with E-state index in [-0.39, 0.29) is 11.7 Å². The maximum absolute atomic E-state index is 12.5. The van der Waals surface area contributed by atoms with Crippen LogP contribution in [0.15, 0.2) is 65.1 Å². The van der Waals surface area contributed by atoms with E-state index in [2.05, 4.69) is 15.5 Å². The molecule has 0 aliphatic heterocycles. The Morgan fingerprint density at radius 3 is 2.74 bits per heavy atom. The molecule has 1 N–H and O–H groups in total. The van der Waals surface area contributed by atoms with Crippen LogP contribution in [0.3, 0.4) is 0 Å². The normalized spacial score (nSPS) is 10.8. The van der Waals surface area contributed by atoms with Gasteiger partial charge in [0.25, 0.3) is 0 Å². The van der Waals surface area contributed by atoms with E-state index in [9.17, 15) is 4.79 Å². The van der Waals surface area contributed by atoms with Gasteiger partial charge in [0, 0.05) is 0 Å². The van der Waals surface area contributed by atoms with Crippen LogP contribution in [-0.4, -0.2) is 33.5 Å². The molecule has 2 aromatic carbocycles. The average Bonchev–Trinajstić information content (AvgIpc) is 3.45. The van der Waals surface area contributed by atoms with E-state index in [0.717, 1.165) is 10.6 Å². The van der Waals surface area contributed by atoms with Crippen LogP contribution in [0.2, 0.25) is 10.0 Å². The monoisotopic (exact) mass is 490 g/mol. The zero-order valence-electron chi connectivity index (χ0n) is 16.2. The molecule has 0 aliphatic rings. The first-order valence-corrected chi connectivity index (χ1v) is 11.7. The maximum Gasteiger partial charge on any atom is 0.234 e. The van der Waals surface area contributed by atoms with Crippen LogP contribution in [-0.2, 0) is 4.79 Å². The highest BCUT2D eigenvalue weighted by Gasteiger charge is 2.20. The number of anilines is 1. The Bertz CT molecular complexity index is 1210. The predicted octanol–water partition coefficient (Wildman–Crippen LogP) is 6.04. The number of thiophene rings is 1. The van der Waals surface area contributed by atoms with Crippen LogP contribution in [0.4, 0.5) is 5.69 Å². The Morgan fingerprint density at radius 2 is 1.97 bits per heavy atom. The van der Waals surface area contributed by atoms with Gasteiger partial charge in [-0.05, 0) is 35.7 Å². The molecule has 0 fully saturated rings. The molecule has 0 atom stereocenters. The van der Waals surface area contributed by atoms with Gasteiger partial charge in [0.05, 0.1) is 39.2 Å². The van der Waals surface area contributed by atoms with Gasteiger partial charge >= 0.3 is 0 Å². The molecule has 4 aromatic rings. The number of ether oxygens (including phenoxy) is 1. The van der Waals surface area contributed by atoms with Crippen molar-refractivity contribution in [2.45, 2.75) is 5.16 Å². The molecule has 158 valence electrons. The number of methoxy groups -OCH3 is 1. The number of nitrogens with one attached hydrogen (secondary N) is 1. The number of hydrogen-bond acceptors (Lipinski definition) is 6. The molecule has 2 aromatic heterocycles. The van der Waals surface area contributed by atoms with Crippen LogP contribution < -0.4 is 10.1 Å². The van der Waals surface area contributed by atoms with Crippen molar-refractivity contribution in [3.8, 4) is 22.1 Å². The largest absolute Gasteiger partial charge is 0.495 e. The van der Waals surface area contributed by atoms with Crippen molar-refractivity contribution in [3.63, 3.8) is 0 Å². The highest BCUT2D eigenvalue weighted by Crippen LogP contribution is 2.34. The second kappa shape index (κ2) is 9.74. The number of benzene rings is 2. The summed E-state index contributed by atoms with van der Waals surface area (Å²) >= 11 is 15.0. The molecule has 0 unspecified atom stereocenters. The molecule has 4 rings (SSSR count). The fraction of sp³-hybridized carbons (Fsp3) is 0.0952. The summed E-state index contributed by atoms with van der Waals surface area (Å²) in [5.41, 5.74) is 1.25. The van der Waals surface area contributed by atoms with Gasteiger partial charge in [-0.15, -0.1) is 21.5 Å². The second-order valence-corrected chi connectivity index (χ2v) is 8.90. The van der Waals surface area contributed by atoms with Gasteiger partial charge in [-0.3, -0.25) is 9.36 Å². The fourth-order valence-corrected chi connectivity index (χ4v) is 4.67. The van der Waals surface area contributed by atoms with E-state index in [0.29, 0.717) is 32.5 Å². The Kier molecular flexibility index (Phi) is 6.82. The van der Waals surface area contributed by atoms with Gasteiger partial charge in [0.1, 0.15) is 5.75 Å². The second-order valence-electron chi connectivity index (χ2n) is 6.23. The average molecular weight is 491 g/mol. The number of rotatable bonds is 7. The minimum atomic E-state index is -0.235. The summed E-state index contributed by atoms with van der Waals surface area (Å²) in [6.45, 7) is 0. The lowest BCUT2D eigenvalue weighted by molar-refractivity contribution is -0.113. The number of para-hydroxylation sites is 2. The van der Waals surface area contributed by atoms with Crippen LogP contribution in [0.25, 0.3) is 16.4 Å². The van der Waals surface area contributed by atoms with E-state index in [1.807, 2.05) is 46.3 Å². The first-order valence-electron chi connectivity index (χ1n) is 9.08. The summed E-state index contributed by atoms with van der Waals surface area (Å²) in [6, 6.07) is 16.6. The first kappa shape index (κ1) is 21.7. The molecule has 0 saturated heterocycles. The summed E-state index contributed by atoms with van der Waals surface area (Å²) < 4.78 is 7.43.